The van der Waals surface area contributed by atoms with Crippen LogP contribution in [0.2, 0.25) is 0 Å². The Morgan fingerprint density at radius 1 is 1.17 bits per heavy atom. The second kappa shape index (κ2) is 12.6. The number of hydrogen-bond donors (Lipinski definition) is 2. The van der Waals surface area contributed by atoms with Crippen LogP contribution >= 0.6 is 24.0 Å². The molecule has 1 fully saturated rings. The lowest BCUT2D eigenvalue weighted by Crippen LogP contribution is -2.59. The number of nitrogens with zero attached hydrogens (tertiary/aromatic N) is 2. The molecule has 2 rings (SSSR count). The van der Waals surface area contributed by atoms with Crippen molar-refractivity contribution in [2.45, 2.75) is 58.9 Å². The number of nitrogens with one attached hydrogen (secondary N) is 2. The summed E-state index contributed by atoms with van der Waals surface area (Å²) in [6.45, 7) is 14.9. The summed E-state index contributed by atoms with van der Waals surface area (Å²) in [5.74, 6) is 2.35. The van der Waals surface area contributed by atoms with Gasteiger partial charge >= 0.3 is 0 Å². The molecule has 0 saturated carbocycles. The van der Waals surface area contributed by atoms with Gasteiger partial charge in [0.1, 0.15) is 11.5 Å². The van der Waals surface area contributed by atoms with Crippen molar-refractivity contribution in [1.82, 2.24) is 15.5 Å². The average molecular weight is 534 g/mol. The summed E-state index contributed by atoms with van der Waals surface area (Å²) in [5.41, 5.74) is 1.00. The van der Waals surface area contributed by atoms with E-state index in [2.05, 4.69) is 50.2 Å². The fraction of sp³-hybridized carbons (Fsp3) is 0.682. The molecule has 1 aromatic rings. The van der Waals surface area contributed by atoms with Gasteiger partial charge in [-0.15, -0.1) is 24.0 Å². The van der Waals surface area contributed by atoms with Crippen molar-refractivity contribution in [1.29, 1.82) is 0 Å². The van der Waals surface area contributed by atoms with Crippen LogP contribution in [0.4, 0.5) is 0 Å². The van der Waals surface area contributed by atoms with E-state index in [-0.39, 0.29) is 41.7 Å². The number of morpholine rings is 1. The first kappa shape index (κ1) is 26.8. The van der Waals surface area contributed by atoms with E-state index in [0.717, 1.165) is 49.2 Å². The van der Waals surface area contributed by atoms with E-state index in [1.807, 2.05) is 18.2 Å². The lowest BCUT2D eigenvalue weighted by atomic mass is 10.00. The highest BCUT2D eigenvalue weighted by Crippen LogP contribution is 2.25. The maximum Gasteiger partial charge on any atom is 0.191 e. The first-order valence-corrected chi connectivity index (χ1v) is 10.4. The van der Waals surface area contributed by atoms with Gasteiger partial charge in [-0.3, -0.25) is 4.90 Å². The molecule has 0 amide bonds. The molecule has 1 heterocycles. The highest BCUT2D eigenvalue weighted by Gasteiger charge is 2.33. The summed E-state index contributed by atoms with van der Waals surface area (Å²) in [4.78, 5) is 7.25. The van der Waals surface area contributed by atoms with Crippen LogP contribution in [0, 0.1) is 0 Å². The maximum absolute atomic E-state index is 5.88. The average Bonchev–Trinajstić information content (AvgIpc) is 2.69. The number of methoxy groups -OCH3 is 2. The Bertz CT molecular complexity index is 674. The van der Waals surface area contributed by atoms with Gasteiger partial charge in [-0.1, -0.05) is 0 Å². The van der Waals surface area contributed by atoms with Gasteiger partial charge in [-0.2, -0.15) is 0 Å². The van der Waals surface area contributed by atoms with Gasteiger partial charge in [0, 0.05) is 43.3 Å². The Hall–Kier alpha value is -1.26. The Labute approximate surface area is 199 Å². The molecule has 172 valence electrons. The van der Waals surface area contributed by atoms with Crippen molar-refractivity contribution in [3.05, 3.63) is 23.8 Å². The molecule has 2 unspecified atom stereocenters. The minimum atomic E-state index is -0.0136. The van der Waals surface area contributed by atoms with Gasteiger partial charge in [0.15, 0.2) is 5.96 Å². The van der Waals surface area contributed by atoms with Crippen LogP contribution in [0.25, 0.3) is 0 Å². The van der Waals surface area contributed by atoms with Crippen molar-refractivity contribution in [2.75, 3.05) is 40.4 Å². The number of aliphatic imine (C=N–C) groups is 1. The molecule has 1 aliphatic rings. The Balaban J connectivity index is 0.00000450. The maximum atomic E-state index is 5.88. The predicted molar refractivity (Wildman–Crippen MR) is 133 cm³/mol. The third kappa shape index (κ3) is 7.77. The molecule has 2 atom stereocenters. The highest BCUT2D eigenvalue weighted by molar-refractivity contribution is 14.0. The third-order valence-electron chi connectivity index (χ3n) is 5.21. The number of ether oxygens (including phenoxy) is 3. The summed E-state index contributed by atoms with van der Waals surface area (Å²) < 4.78 is 16.6. The molecule has 0 spiro atoms. The van der Waals surface area contributed by atoms with Gasteiger partial charge in [0.05, 0.1) is 33.0 Å². The predicted octanol–water partition coefficient (Wildman–Crippen LogP) is 3.26. The fourth-order valence-electron chi connectivity index (χ4n) is 3.57. The fourth-order valence-corrected chi connectivity index (χ4v) is 3.57. The molecule has 30 heavy (non-hydrogen) atoms. The van der Waals surface area contributed by atoms with Crippen molar-refractivity contribution < 1.29 is 14.2 Å². The standard InChI is InChI=1S/C22H38N4O3.HI/c1-8-23-21(24-12-18-9-10-19(27-6)11-20(18)28-7)25-15-22(4,5)26-13-16(2)29-17(3)14-26;/h9-11,16-17H,8,12-15H2,1-7H3,(H2,23,24,25);1H. The summed E-state index contributed by atoms with van der Waals surface area (Å²) in [5, 5.41) is 6.85. The second-order valence-electron chi connectivity index (χ2n) is 8.20. The molecular formula is C22H39IN4O3. The third-order valence-corrected chi connectivity index (χ3v) is 5.21. The van der Waals surface area contributed by atoms with Crippen LogP contribution < -0.4 is 20.1 Å². The molecule has 1 saturated heterocycles. The normalized spacial score (nSPS) is 20.3. The monoisotopic (exact) mass is 534 g/mol. The lowest BCUT2D eigenvalue weighted by Gasteiger charge is -2.45. The van der Waals surface area contributed by atoms with Crippen molar-refractivity contribution in [3.63, 3.8) is 0 Å². The Kier molecular flexibility index (Phi) is 11.2. The van der Waals surface area contributed by atoms with Crippen LogP contribution in [0.1, 0.15) is 40.2 Å². The van der Waals surface area contributed by atoms with E-state index in [0.29, 0.717) is 6.54 Å². The van der Waals surface area contributed by atoms with Crippen molar-refractivity contribution >= 4 is 29.9 Å². The SMILES string of the molecule is CCNC(=NCc1ccc(OC)cc1OC)NCC(C)(C)N1CC(C)OC(C)C1.I. The quantitative estimate of drug-likeness (QED) is 0.303. The van der Waals surface area contributed by atoms with Crippen LogP contribution in [-0.2, 0) is 11.3 Å². The number of halogens is 1. The van der Waals surface area contributed by atoms with E-state index >= 15 is 0 Å². The molecular weight excluding hydrogens is 495 g/mol. The largest absolute Gasteiger partial charge is 0.497 e. The first-order chi connectivity index (χ1) is 13.8. The van der Waals surface area contributed by atoms with Crippen molar-refractivity contribution in [2.24, 2.45) is 4.99 Å². The molecule has 0 radical (unpaired) electrons. The summed E-state index contributed by atoms with van der Waals surface area (Å²) in [6.07, 6.45) is 0.505. The zero-order chi connectivity index (χ0) is 21.4. The van der Waals surface area contributed by atoms with Gasteiger partial charge in [0.25, 0.3) is 0 Å². The number of rotatable bonds is 8. The van der Waals surface area contributed by atoms with Gasteiger partial charge in [0.2, 0.25) is 0 Å². The molecule has 1 aromatic carbocycles. The zero-order valence-corrected chi connectivity index (χ0v) is 21.8. The van der Waals surface area contributed by atoms with Crippen LogP contribution in [0.3, 0.4) is 0 Å². The van der Waals surface area contributed by atoms with Gasteiger partial charge in [-0.25, -0.2) is 4.99 Å². The second-order valence-corrected chi connectivity index (χ2v) is 8.20. The van der Waals surface area contributed by atoms with E-state index in [4.69, 9.17) is 19.2 Å². The van der Waals surface area contributed by atoms with E-state index in [9.17, 15) is 0 Å². The molecule has 7 nitrogen and oxygen atoms in total. The molecule has 1 aliphatic heterocycles. The van der Waals surface area contributed by atoms with Crippen LogP contribution in [-0.4, -0.2) is 69.0 Å². The summed E-state index contributed by atoms with van der Waals surface area (Å²) >= 11 is 0. The molecule has 8 heteroatoms. The van der Waals surface area contributed by atoms with Gasteiger partial charge < -0.3 is 24.8 Å². The minimum Gasteiger partial charge on any atom is -0.497 e. The first-order valence-electron chi connectivity index (χ1n) is 10.4. The molecule has 0 aliphatic carbocycles. The number of hydrogen-bond acceptors (Lipinski definition) is 5. The van der Waals surface area contributed by atoms with E-state index in [1.165, 1.54) is 0 Å². The van der Waals surface area contributed by atoms with Crippen LogP contribution in [0.15, 0.2) is 23.2 Å². The zero-order valence-electron chi connectivity index (χ0n) is 19.4. The topological polar surface area (TPSA) is 67.4 Å². The molecule has 2 N–H and O–H groups in total. The number of benzene rings is 1. The minimum absolute atomic E-state index is 0. The molecule has 0 bridgehead atoms. The van der Waals surface area contributed by atoms with Crippen molar-refractivity contribution in [3.8, 4) is 11.5 Å². The van der Waals surface area contributed by atoms with Crippen LogP contribution in [0.5, 0.6) is 11.5 Å². The van der Waals surface area contributed by atoms with E-state index < -0.39 is 0 Å². The summed E-state index contributed by atoms with van der Waals surface area (Å²) in [7, 11) is 3.32. The molecule has 0 aromatic heterocycles. The Morgan fingerprint density at radius 2 is 1.83 bits per heavy atom. The summed E-state index contributed by atoms with van der Waals surface area (Å²) in [6, 6.07) is 5.80. The number of guanidine groups is 1. The van der Waals surface area contributed by atoms with E-state index in [1.54, 1.807) is 14.2 Å². The van der Waals surface area contributed by atoms with Gasteiger partial charge in [-0.05, 0) is 46.8 Å². The lowest BCUT2D eigenvalue weighted by molar-refractivity contribution is -0.0946. The highest BCUT2D eigenvalue weighted by atomic mass is 127. The Morgan fingerprint density at radius 3 is 2.40 bits per heavy atom. The smallest absolute Gasteiger partial charge is 0.191 e.